The molecular weight excluding hydrogens is 338 g/mol. The highest BCUT2D eigenvalue weighted by atomic mass is 16.1. The van der Waals surface area contributed by atoms with E-state index in [0.717, 1.165) is 24.0 Å². The number of aliphatic imine (C=N–C) groups is 1. The fourth-order valence-corrected chi connectivity index (χ4v) is 3.30. The summed E-state index contributed by atoms with van der Waals surface area (Å²) in [6, 6.07) is 8.25. The first-order valence-corrected chi connectivity index (χ1v) is 9.97. The van der Waals surface area contributed by atoms with Gasteiger partial charge in [0.05, 0.1) is 0 Å². The van der Waals surface area contributed by atoms with E-state index in [9.17, 15) is 4.79 Å². The first-order valence-electron chi connectivity index (χ1n) is 9.97. The lowest BCUT2D eigenvalue weighted by Gasteiger charge is -2.28. The Morgan fingerprint density at radius 3 is 2.59 bits per heavy atom. The molecule has 0 atom stereocenters. The van der Waals surface area contributed by atoms with Gasteiger partial charge in [0.25, 0.3) is 5.91 Å². The molecule has 3 N–H and O–H groups in total. The summed E-state index contributed by atoms with van der Waals surface area (Å²) in [5.41, 5.74) is 1.76. The Morgan fingerprint density at radius 2 is 1.93 bits per heavy atom. The molecule has 0 spiro atoms. The molecule has 0 bridgehead atoms. The van der Waals surface area contributed by atoms with Gasteiger partial charge in [-0.2, -0.15) is 0 Å². The second kappa shape index (κ2) is 10.9. The molecule has 0 radical (unpaired) electrons. The van der Waals surface area contributed by atoms with Gasteiger partial charge in [0.1, 0.15) is 0 Å². The summed E-state index contributed by atoms with van der Waals surface area (Å²) in [6.07, 6.45) is 4.95. The van der Waals surface area contributed by atoms with E-state index in [-0.39, 0.29) is 5.91 Å². The van der Waals surface area contributed by atoms with Gasteiger partial charge in [-0.15, -0.1) is 0 Å². The van der Waals surface area contributed by atoms with Crippen LogP contribution in [-0.2, 0) is 6.54 Å². The lowest BCUT2D eigenvalue weighted by Crippen LogP contribution is -2.44. The standard InChI is InChI=1S/C21H35N5O/c1-16-8-10-19(11-9-16)25-21(22-2)24-15-17-6-5-7-18(14-17)20(27)23-12-13-26(3)4/h5-7,14,16,19H,8-13,15H2,1-4H3,(H,23,27)(H2,22,24,25). The van der Waals surface area contributed by atoms with Gasteiger partial charge in [0.2, 0.25) is 0 Å². The number of benzene rings is 1. The number of carbonyl (C=O) groups is 1. The van der Waals surface area contributed by atoms with Gasteiger partial charge >= 0.3 is 0 Å². The average Bonchev–Trinajstić information content (AvgIpc) is 2.66. The minimum atomic E-state index is -0.0301. The molecule has 0 saturated heterocycles. The summed E-state index contributed by atoms with van der Waals surface area (Å²) in [4.78, 5) is 18.7. The molecule has 1 aromatic rings. The van der Waals surface area contributed by atoms with Crippen molar-refractivity contribution in [1.82, 2.24) is 20.9 Å². The number of amides is 1. The van der Waals surface area contributed by atoms with Crippen LogP contribution in [-0.4, -0.2) is 57.0 Å². The van der Waals surface area contributed by atoms with E-state index in [0.29, 0.717) is 24.7 Å². The zero-order valence-corrected chi connectivity index (χ0v) is 17.2. The molecule has 1 saturated carbocycles. The maximum absolute atomic E-state index is 12.3. The van der Waals surface area contributed by atoms with Crippen molar-refractivity contribution in [2.24, 2.45) is 10.9 Å². The van der Waals surface area contributed by atoms with Gasteiger partial charge in [-0.1, -0.05) is 19.1 Å². The largest absolute Gasteiger partial charge is 0.354 e. The van der Waals surface area contributed by atoms with Crippen molar-refractivity contribution in [2.75, 3.05) is 34.2 Å². The highest BCUT2D eigenvalue weighted by molar-refractivity contribution is 5.94. The van der Waals surface area contributed by atoms with Gasteiger partial charge in [0, 0.05) is 38.3 Å². The quantitative estimate of drug-likeness (QED) is 0.506. The normalized spacial score (nSPS) is 20.4. The van der Waals surface area contributed by atoms with E-state index in [1.807, 2.05) is 43.3 Å². The molecule has 1 aliphatic carbocycles. The number of hydrogen-bond acceptors (Lipinski definition) is 3. The van der Waals surface area contributed by atoms with E-state index in [4.69, 9.17) is 0 Å². The van der Waals surface area contributed by atoms with Crippen LogP contribution in [0.25, 0.3) is 0 Å². The van der Waals surface area contributed by atoms with Crippen molar-refractivity contribution in [3.63, 3.8) is 0 Å². The SMILES string of the molecule is CN=C(NCc1cccc(C(=O)NCCN(C)C)c1)NC1CCC(C)CC1. The third-order valence-electron chi connectivity index (χ3n) is 5.07. The van der Waals surface area contributed by atoms with Gasteiger partial charge in [0.15, 0.2) is 5.96 Å². The summed E-state index contributed by atoms with van der Waals surface area (Å²) in [7, 11) is 5.79. The maximum atomic E-state index is 12.3. The van der Waals surface area contributed by atoms with Crippen LogP contribution in [0.15, 0.2) is 29.3 Å². The van der Waals surface area contributed by atoms with E-state index in [1.165, 1.54) is 25.7 Å². The Kier molecular flexibility index (Phi) is 8.58. The minimum absolute atomic E-state index is 0.0301. The van der Waals surface area contributed by atoms with Crippen LogP contribution in [0.1, 0.15) is 48.5 Å². The Balaban J connectivity index is 1.83. The highest BCUT2D eigenvalue weighted by Gasteiger charge is 2.18. The van der Waals surface area contributed by atoms with E-state index in [2.05, 4.69) is 27.9 Å². The van der Waals surface area contributed by atoms with Crippen LogP contribution in [0.3, 0.4) is 0 Å². The molecule has 6 nitrogen and oxygen atoms in total. The lowest BCUT2D eigenvalue weighted by molar-refractivity contribution is 0.0951. The van der Waals surface area contributed by atoms with Crippen LogP contribution < -0.4 is 16.0 Å². The van der Waals surface area contributed by atoms with Crippen molar-refractivity contribution in [3.8, 4) is 0 Å². The second-order valence-corrected chi connectivity index (χ2v) is 7.79. The van der Waals surface area contributed by atoms with Crippen LogP contribution in [0.5, 0.6) is 0 Å². The van der Waals surface area contributed by atoms with Crippen LogP contribution in [0.2, 0.25) is 0 Å². The Labute approximate surface area is 163 Å². The van der Waals surface area contributed by atoms with Crippen molar-refractivity contribution in [2.45, 2.75) is 45.2 Å². The summed E-state index contributed by atoms with van der Waals surface area (Å²) in [5.74, 6) is 1.64. The van der Waals surface area contributed by atoms with Gasteiger partial charge < -0.3 is 20.9 Å². The van der Waals surface area contributed by atoms with Crippen LogP contribution >= 0.6 is 0 Å². The summed E-state index contributed by atoms with van der Waals surface area (Å²) in [5, 5.41) is 9.85. The minimum Gasteiger partial charge on any atom is -0.354 e. The first-order chi connectivity index (χ1) is 13.0. The van der Waals surface area contributed by atoms with E-state index in [1.54, 1.807) is 7.05 Å². The molecule has 27 heavy (non-hydrogen) atoms. The molecule has 150 valence electrons. The number of rotatable bonds is 7. The molecular formula is C21H35N5O. The molecule has 1 fully saturated rings. The third-order valence-corrected chi connectivity index (χ3v) is 5.07. The van der Waals surface area contributed by atoms with Gasteiger partial charge in [-0.25, -0.2) is 0 Å². The summed E-state index contributed by atoms with van der Waals surface area (Å²) >= 11 is 0. The number of nitrogens with zero attached hydrogens (tertiary/aromatic N) is 2. The lowest BCUT2D eigenvalue weighted by atomic mass is 9.87. The molecule has 1 aliphatic rings. The topological polar surface area (TPSA) is 68.8 Å². The molecule has 6 heteroatoms. The molecule has 0 heterocycles. The van der Waals surface area contributed by atoms with Crippen molar-refractivity contribution in [3.05, 3.63) is 35.4 Å². The predicted molar refractivity (Wildman–Crippen MR) is 112 cm³/mol. The Hall–Kier alpha value is -2.08. The number of hydrogen-bond donors (Lipinski definition) is 3. The molecule has 1 amide bonds. The average molecular weight is 374 g/mol. The van der Waals surface area contributed by atoms with Crippen LogP contribution in [0.4, 0.5) is 0 Å². The molecule has 1 aromatic carbocycles. The molecule has 2 rings (SSSR count). The summed E-state index contributed by atoms with van der Waals surface area (Å²) < 4.78 is 0. The van der Waals surface area contributed by atoms with Crippen LogP contribution in [0, 0.1) is 5.92 Å². The van der Waals surface area contributed by atoms with Gasteiger partial charge in [-0.05, 0) is 63.4 Å². The maximum Gasteiger partial charge on any atom is 0.251 e. The molecule has 0 unspecified atom stereocenters. The Morgan fingerprint density at radius 1 is 1.19 bits per heavy atom. The molecule has 0 aliphatic heterocycles. The van der Waals surface area contributed by atoms with Gasteiger partial charge in [-0.3, -0.25) is 9.79 Å². The third kappa shape index (κ3) is 7.59. The zero-order chi connectivity index (χ0) is 19.6. The number of nitrogens with one attached hydrogen (secondary N) is 3. The van der Waals surface area contributed by atoms with E-state index >= 15 is 0 Å². The fourth-order valence-electron chi connectivity index (χ4n) is 3.30. The summed E-state index contributed by atoms with van der Waals surface area (Å²) in [6.45, 7) is 4.44. The predicted octanol–water partition coefficient (Wildman–Crippen LogP) is 2.22. The van der Waals surface area contributed by atoms with Crippen molar-refractivity contribution >= 4 is 11.9 Å². The zero-order valence-electron chi connectivity index (χ0n) is 17.2. The van der Waals surface area contributed by atoms with Crippen molar-refractivity contribution < 1.29 is 4.79 Å². The van der Waals surface area contributed by atoms with E-state index < -0.39 is 0 Å². The fraction of sp³-hybridized carbons (Fsp3) is 0.619. The smallest absolute Gasteiger partial charge is 0.251 e. The highest BCUT2D eigenvalue weighted by Crippen LogP contribution is 2.23. The number of carbonyl (C=O) groups excluding carboxylic acids is 1. The van der Waals surface area contributed by atoms with Crippen molar-refractivity contribution in [1.29, 1.82) is 0 Å². The second-order valence-electron chi connectivity index (χ2n) is 7.79. The first kappa shape index (κ1) is 21.2. The number of likely N-dealkylation sites (N-methyl/N-ethyl adjacent to an activating group) is 1. The Bertz CT molecular complexity index is 621. The number of guanidine groups is 1. The monoisotopic (exact) mass is 373 g/mol. The molecule has 0 aromatic heterocycles.